The zero-order valence-electron chi connectivity index (χ0n) is 25.6. The molecule has 0 saturated heterocycles. The molecule has 2 aromatic heterocycles. The van der Waals surface area contributed by atoms with E-state index in [-0.39, 0.29) is 22.8 Å². The molecule has 5 rings (SSSR count). The summed E-state index contributed by atoms with van der Waals surface area (Å²) in [6.45, 7) is 5.51. The van der Waals surface area contributed by atoms with Crippen LogP contribution in [0, 0.1) is 5.82 Å². The maximum Gasteiger partial charge on any atom is 0.407 e. The van der Waals surface area contributed by atoms with Crippen LogP contribution in [0.1, 0.15) is 46.5 Å². The predicted octanol–water partition coefficient (Wildman–Crippen LogP) is 7.12. The lowest BCUT2D eigenvalue weighted by molar-refractivity contribution is 0.0492. The highest BCUT2D eigenvalue weighted by Crippen LogP contribution is 2.31. The normalized spacial score (nSPS) is 16.7. The molecule has 0 bridgehead atoms. The first-order chi connectivity index (χ1) is 21.9. The fourth-order valence-corrected chi connectivity index (χ4v) is 6.42. The standard InChI is InChI=1S/C32H35ClFN7O4S/c1-32(2,3)45-31(42)40-21-12-10-20(11-13-21)39-29-18-27(36-19-37-29)30-26(9-6-16-35-30)38-22-14-15-28(24(34)17-22)46(43,44)41-25-8-5-4-7-23(25)33/h4-9,14-21,38,41H,10-13H2,1-3H3,(H,40,42)(H,36,37,39). The van der Waals surface area contributed by atoms with Gasteiger partial charge >= 0.3 is 6.09 Å². The molecule has 0 unspecified atom stereocenters. The monoisotopic (exact) mass is 667 g/mol. The van der Waals surface area contributed by atoms with Gasteiger partial charge in [-0.05, 0) is 88.9 Å². The number of hydrogen-bond donors (Lipinski definition) is 4. The number of aromatic nitrogens is 3. The molecule has 0 radical (unpaired) electrons. The van der Waals surface area contributed by atoms with E-state index in [9.17, 15) is 13.2 Å². The third-order valence-corrected chi connectivity index (χ3v) is 8.86. The second-order valence-corrected chi connectivity index (χ2v) is 13.9. The van der Waals surface area contributed by atoms with Crippen LogP contribution < -0.4 is 20.7 Å². The van der Waals surface area contributed by atoms with Gasteiger partial charge < -0.3 is 20.7 Å². The van der Waals surface area contributed by atoms with Crippen LogP contribution in [-0.2, 0) is 14.8 Å². The Balaban J connectivity index is 1.24. The number of rotatable bonds is 9. The Morgan fingerprint density at radius 2 is 1.65 bits per heavy atom. The largest absolute Gasteiger partial charge is 0.444 e. The van der Waals surface area contributed by atoms with Gasteiger partial charge in [-0.15, -0.1) is 0 Å². The Bertz CT molecular complexity index is 1810. The van der Waals surface area contributed by atoms with Crippen molar-refractivity contribution in [2.24, 2.45) is 0 Å². The van der Waals surface area contributed by atoms with Crippen molar-refractivity contribution in [3.05, 3.63) is 84.0 Å². The Hall–Kier alpha value is -4.49. The van der Waals surface area contributed by atoms with E-state index in [4.69, 9.17) is 16.3 Å². The van der Waals surface area contributed by atoms with E-state index in [2.05, 4.69) is 35.6 Å². The lowest BCUT2D eigenvalue weighted by atomic mass is 9.91. The summed E-state index contributed by atoms with van der Waals surface area (Å²) in [5, 5.41) is 9.72. The minimum Gasteiger partial charge on any atom is -0.444 e. The van der Waals surface area contributed by atoms with Crippen LogP contribution in [0.4, 0.5) is 32.1 Å². The number of nitrogens with zero attached hydrogens (tertiary/aromatic N) is 3. The maximum absolute atomic E-state index is 15.1. The van der Waals surface area contributed by atoms with Crippen LogP contribution in [0.15, 0.2) is 78.1 Å². The first kappa shape index (κ1) is 32.9. The number of pyridine rings is 1. The van der Waals surface area contributed by atoms with Crippen LogP contribution in [0.2, 0.25) is 5.02 Å². The van der Waals surface area contributed by atoms with E-state index in [1.165, 1.54) is 30.6 Å². The molecule has 0 spiro atoms. The second-order valence-electron chi connectivity index (χ2n) is 11.9. The van der Waals surface area contributed by atoms with E-state index < -0.39 is 32.4 Å². The van der Waals surface area contributed by atoms with Crippen LogP contribution in [0.3, 0.4) is 0 Å². The van der Waals surface area contributed by atoms with Gasteiger partial charge in [0.2, 0.25) is 0 Å². The molecule has 0 aliphatic heterocycles. The molecule has 2 aromatic carbocycles. The molecule has 1 amide bonds. The summed E-state index contributed by atoms with van der Waals surface area (Å²) in [5.74, 6) is -0.323. The van der Waals surface area contributed by atoms with Gasteiger partial charge in [-0.2, -0.15) is 0 Å². The number of amides is 1. The molecule has 11 nitrogen and oxygen atoms in total. The van der Waals surface area contributed by atoms with Crippen molar-refractivity contribution in [1.29, 1.82) is 0 Å². The van der Waals surface area contributed by atoms with Crippen molar-refractivity contribution in [2.75, 3.05) is 15.4 Å². The van der Waals surface area contributed by atoms with Crippen LogP contribution in [-0.4, -0.2) is 47.1 Å². The molecule has 1 fully saturated rings. The van der Waals surface area contributed by atoms with E-state index in [1.54, 1.807) is 36.5 Å². The number of anilines is 4. The van der Waals surface area contributed by atoms with Gasteiger partial charge in [0, 0.05) is 30.0 Å². The average Bonchev–Trinajstić information content (AvgIpc) is 2.99. The van der Waals surface area contributed by atoms with Crippen molar-refractivity contribution in [3.63, 3.8) is 0 Å². The van der Waals surface area contributed by atoms with Crippen molar-refractivity contribution in [2.45, 2.75) is 69.0 Å². The molecule has 1 aliphatic carbocycles. The minimum atomic E-state index is -4.24. The molecule has 242 valence electrons. The Morgan fingerprint density at radius 3 is 2.37 bits per heavy atom. The highest BCUT2D eigenvalue weighted by molar-refractivity contribution is 7.92. The summed E-state index contributed by atoms with van der Waals surface area (Å²) in [6, 6.07) is 15.5. The Kier molecular flexibility index (Phi) is 9.92. The van der Waals surface area contributed by atoms with Crippen LogP contribution in [0.5, 0.6) is 0 Å². The van der Waals surface area contributed by atoms with E-state index in [0.29, 0.717) is 28.6 Å². The molecule has 4 N–H and O–H groups in total. The number of ether oxygens (including phenoxy) is 1. The molecule has 14 heteroatoms. The van der Waals surface area contributed by atoms with Gasteiger partial charge in [0.1, 0.15) is 34.2 Å². The van der Waals surface area contributed by atoms with Gasteiger partial charge in [-0.25, -0.2) is 27.6 Å². The molecule has 0 atom stereocenters. The number of benzene rings is 2. The molecular formula is C32H35ClFN7O4S. The summed E-state index contributed by atoms with van der Waals surface area (Å²) < 4.78 is 48.6. The van der Waals surface area contributed by atoms with Crippen LogP contribution in [0.25, 0.3) is 11.4 Å². The average molecular weight is 668 g/mol. The van der Waals surface area contributed by atoms with Crippen LogP contribution >= 0.6 is 11.6 Å². The number of alkyl carbamates (subject to hydrolysis) is 1. The van der Waals surface area contributed by atoms with E-state index in [0.717, 1.165) is 31.7 Å². The topological polar surface area (TPSA) is 147 Å². The van der Waals surface area contributed by atoms with E-state index in [1.807, 2.05) is 20.8 Å². The van der Waals surface area contributed by atoms with Crippen molar-refractivity contribution >= 4 is 50.6 Å². The summed E-state index contributed by atoms with van der Waals surface area (Å²) in [6.07, 6.45) is 5.93. The second kappa shape index (κ2) is 13.9. The number of carbonyl (C=O) groups is 1. The zero-order chi connectivity index (χ0) is 32.9. The molecule has 1 aliphatic rings. The summed E-state index contributed by atoms with van der Waals surface area (Å²) >= 11 is 6.07. The van der Waals surface area contributed by atoms with E-state index >= 15 is 4.39 Å². The summed E-state index contributed by atoms with van der Waals surface area (Å²) in [4.78, 5) is 24.9. The SMILES string of the molecule is CC(C)(C)OC(=O)NC1CCC(Nc2cc(-c3ncccc3Nc3ccc(S(=O)(=O)Nc4ccccc4Cl)c(F)c3)ncn2)CC1. The fourth-order valence-electron chi connectivity index (χ4n) is 5.04. The number of sulfonamides is 1. The number of halogens is 2. The van der Waals surface area contributed by atoms with Gasteiger partial charge in [0.25, 0.3) is 10.0 Å². The molecular weight excluding hydrogens is 633 g/mol. The van der Waals surface area contributed by atoms with Gasteiger partial charge in [0.05, 0.1) is 22.1 Å². The quantitative estimate of drug-likeness (QED) is 0.146. The number of carbonyl (C=O) groups excluding carboxylic acids is 1. The third-order valence-electron chi connectivity index (χ3n) is 7.14. The summed E-state index contributed by atoms with van der Waals surface area (Å²) in [7, 11) is -4.24. The van der Waals surface area contributed by atoms with Crippen molar-refractivity contribution in [3.8, 4) is 11.4 Å². The molecule has 4 aromatic rings. The van der Waals surface area contributed by atoms with Gasteiger partial charge in [-0.1, -0.05) is 23.7 Å². The lowest BCUT2D eigenvalue weighted by Crippen LogP contribution is -2.42. The molecule has 46 heavy (non-hydrogen) atoms. The van der Waals surface area contributed by atoms with Crippen molar-refractivity contribution < 1.29 is 22.3 Å². The molecule has 2 heterocycles. The molecule has 1 saturated carbocycles. The first-order valence-electron chi connectivity index (χ1n) is 14.7. The van der Waals surface area contributed by atoms with Gasteiger partial charge in [-0.3, -0.25) is 9.71 Å². The Morgan fingerprint density at radius 1 is 0.935 bits per heavy atom. The lowest BCUT2D eigenvalue weighted by Gasteiger charge is -2.30. The van der Waals surface area contributed by atoms with Crippen molar-refractivity contribution in [1.82, 2.24) is 20.3 Å². The highest BCUT2D eigenvalue weighted by atomic mass is 35.5. The first-order valence-corrected chi connectivity index (χ1v) is 16.6. The smallest absolute Gasteiger partial charge is 0.407 e. The number of nitrogens with one attached hydrogen (secondary N) is 4. The number of para-hydroxylation sites is 1. The zero-order valence-corrected chi connectivity index (χ0v) is 27.1. The third kappa shape index (κ3) is 8.61. The fraction of sp³-hybridized carbons (Fsp3) is 0.312. The van der Waals surface area contributed by atoms with Gasteiger partial charge in [0.15, 0.2) is 0 Å². The Labute approximate surface area is 272 Å². The number of hydrogen-bond acceptors (Lipinski definition) is 9. The predicted molar refractivity (Wildman–Crippen MR) is 176 cm³/mol. The minimum absolute atomic E-state index is 0.0497. The summed E-state index contributed by atoms with van der Waals surface area (Å²) in [5.41, 5.74) is 1.47. The maximum atomic E-state index is 15.1. The highest BCUT2D eigenvalue weighted by Gasteiger charge is 2.25.